The van der Waals surface area contributed by atoms with E-state index in [9.17, 15) is 9.59 Å². The summed E-state index contributed by atoms with van der Waals surface area (Å²) in [6, 6.07) is 2.71. The number of hydrogen-bond acceptors (Lipinski definition) is 5. The van der Waals surface area contributed by atoms with Gasteiger partial charge in [0.2, 0.25) is 0 Å². The minimum Gasteiger partial charge on any atom is -0.504 e. The van der Waals surface area contributed by atoms with Crippen molar-refractivity contribution in [2.24, 2.45) is 0 Å². The molecule has 0 aliphatic heterocycles. The summed E-state index contributed by atoms with van der Waals surface area (Å²) in [5, 5.41) is 20.7. The Bertz CT molecular complexity index is 389. The van der Waals surface area contributed by atoms with Gasteiger partial charge < -0.3 is 20.3 Å². The monoisotopic (exact) mass is 209 g/mol. The highest BCUT2D eigenvalue weighted by Crippen LogP contribution is 2.25. The van der Waals surface area contributed by atoms with Crippen LogP contribution in [0.25, 0.3) is 0 Å². The Morgan fingerprint density at radius 2 is 2.07 bits per heavy atom. The first-order chi connectivity index (χ1) is 7.10. The third kappa shape index (κ3) is 2.32. The van der Waals surface area contributed by atoms with E-state index in [-0.39, 0.29) is 17.1 Å². The highest BCUT2D eigenvalue weighted by molar-refractivity contribution is 6.08. The van der Waals surface area contributed by atoms with Gasteiger partial charge in [0.15, 0.2) is 17.3 Å². The van der Waals surface area contributed by atoms with Crippen molar-refractivity contribution < 1.29 is 19.8 Å². The number of phenols is 2. The largest absolute Gasteiger partial charge is 0.504 e. The van der Waals surface area contributed by atoms with Crippen molar-refractivity contribution in [1.29, 1.82) is 0 Å². The summed E-state index contributed by atoms with van der Waals surface area (Å²) in [6.45, 7) is 0. The van der Waals surface area contributed by atoms with E-state index in [1.54, 1.807) is 0 Å². The number of carbonyl (C=O) groups is 2. The molecule has 0 heterocycles. The summed E-state index contributed by atoms with van der Waals surface area (Å²) >= 11 is 0. The molecule has 0 saturated heterocycles. The molecule has 5 nitrogen and oxygen atoms in total. The molecule has 0 spiro atoms. The molecule has 0 aliphatic rings. The van der Waals surface area contributed by atoms with Crippen LogP contribution < -0.4 is 5.32 Å². The molecule has 0 radical (unpaired) electrons. The number of likely N-dealkylation sites (N-methyl/N-ethyl adjacent to an activating group) is 1. The average molecular weight is 209 g/mol. The molecule has 1 rings (SSSR count). The Kier molecular flexibility index (Phi) is 3.41. The standard InChI is InChI=1S/C10H11NO4/c1-11-7(5-12)10(15)6-2-3-8(13)9(14)4-6/h2-5,7,11,13-14H,1H3/t7-/m0/s1. The molecule has 0 unspecified atom stereocenters. The maximum atomic E-state index is 11.6. The van der Waals surface area contributed by atoms with Crippen LogP contribution in [0.15, 0.2) is 18.2 Å². The Balaban J connectivity index is 3.01. The van der Waals surface area contributed by atoms with Crippen molar-refractivity contribution in [2.75, 3.05) is 7.05 Å². The van der Waals surface area contributed by atoms with Gasteiger partial charge in [0, 0.05) is 5.56 Å². The normalized spacial score (nSPS) is 12.1. The van der Waals surface area contributed by atoms with Crippen LogP contribution in [0.4, 0.5) is 0 Å². The van der Waals surface area contributed by atoms with Crippen molar-refractivity contribution in [2.45, 2.75) is 6.04 Å². The maximum Gasteiger partial charge on any atom is 0.187 e. The number of aldehydes is 1. The van der Waals surface area contributed by atoms with Gasteiger partial charge in [0.1, 0.15) is 12.3 Å². The number of ketones is 1. The van der Waals surface area contributed by atoms with Crippen LogP contribution in [0.1, 0.15) is 10.4 Å². The molecular weight excluding hydrogens is 198 g/mol. The number of Topliss-reactive ketones (excluding diaryl/α,β-unsaturated/α-hetero) is 1. The van der Waals surface area contributed by atoms with E-state index in [2.05, 4.69) is 5.32 Å². The van der Waals surface area contributed by atoms with Crippen LogP contribution in [-0.2, 0) is 4.79 Å². The van der Waals surface area contributed by atoms with E-state index < -0.39 is 11.8 Å². The fraction of sp³-hybridized carbons (Fsp3) is 0.200. The van der Waals surface area contributed by atoms with E-state index >= 15 is 0 Å². The zero-order chi connectivity index (χ0) is 11.4. The lowest BCUT2D eigenvalue weighted by Gasteiger charge is -2.08. The van der Waals surface area contributed by atoms with Crippen LogP contribution in [0.3, 0.4) is 0 Å². The summed E-state index contributed by atoms with van der Waals surface area (Å²) < 4.78 is 0. The predicted octanol–water partition coefficient (Wildman–Crippen LogP) is 0.0674. The summed E-state index contributed by atoms with van der Waals surface area (Å²) in [7, 11) is 1.48. The second-order valence-corrected chi connectivity index (χ2v) is 2.97. The second kappa shape index (κ2) is 4.56. The molecule has 1 aromatic carbocycles. The number of aromatic hydroxyl groups is 2. The van der Waals surface area contributed by atoms with E-state index in [0.717, 1.165) is 6.07 Å². The van der Waals surface area contributed by atoms with Gasteiger partial charge in [-0.1, -0.05) is 0 Å². The molecule has 0 bridgehead atoms. The third-order valence-corrected chi connectivity index (χ3v) is 1.99. The first-order valence-corrected chi connectivity index (χ1v) is 4.29. The van der Waals surface area contributed by atoms with Crippen molar-refractivity contribution in [3.63, 3.8) is 0 Å². The zero-order valence-electron chi connectivity index (χ0n) is 8.10. The number of rotatable bonds is 4. The highest BCUT2D eigenvalue weighted by atomic mass is 16.3. The quantitative estimate of drug-likeness (QED) is 0.282. The van der Waals surface area contributed by atoms with Crippen LogP contribution in [-0.4, -0.2) is 35.4 Å². The number of phenolic OH excluding ortho intramolecular Hbond substituents is 2. The van der Waals surface area contributed by atoms with Gasteiger partial charge in [0.25, 0.3) is 0 Å². The number of benzene rings is 1. The topological polar surface area (TPSA) is 86.6 Å². The van der Waals surface area contributed by atoms with Crippen LogP contribution in [0, 0.1) is 0 Å². The summed E-state index contributed by atoms with van der Waals surface area (Å²) in [5.41, 5.74) is 0.164. The lowest BCUT2D eigenvalue weighted by atomic mass is 10.0. The SMILES string of the molecule is CN[C@@H](C=O)C(=O)c1ccc(O)c(O)c1. The second-order valence-electron chi connectivity index (χ2n) is 2.97. The molecule has 0 aliphatic carbocycles. The molecule has 0 fully saturated rings. The average Bonchev–Trinajstić information content (AvgIpc) is 2.23. The molecule has 15 heavy (non-hydrogen) atoms. The Labute approximate surface area is 86.4 Å². The van der Waals surface area contributed by atoms with Gasteiger partial charge in [-0.25, -0.2) is 0 Å². The Morgan fingerprint density at radius 1 is 1.40 bits per heavy atom. The van der Waals surface area contributed by atoms with Gasteiger partial charge in [-0.2, -0.15) is 0 Å². The van der Waals surface area contributed by atoms with E-state index in [4.69, 9.17) is 10.2 Å². The van der Waals surface area contributed by atoms with E-state index in [1.807, 2.05) is 0 Å². The van der Waals surface area contributed by atoms with Crippen molar-refractivity contribution in [1.82, 2.24) is 5.32 Å². The smallest absolute Gasteiger partial charge is 0.187 e. The van der Waals surface area contributed by atoms with Gasteiger partial charge >= 0.3 is 0 Å². The maximum absolute atomic E-state index is 11.6. The van der Waals surface area contributed by atoms with Gasteiger partial charge in [-0.3, -0.25) is 4.79 Å². The fourth-order valence-electron chi connectivity index (χ4n) is 1.12. The predicted molar refractivity (Wildman–Crippen MR) is 53.0 cm³/mol. The summed E-state index contributed by atoms with van der Waals surface area (Å²) in [4.78, 5) is 22.1. The molecule has 1 aromatic rings. The first-order valence-electron chi connectivity index (χ1n) is 4.29. The van der Waals surface area contributed by atoms with Crippen molar-refractivity contribution in [3.05, 3.63) is 23.8 Å². The molecule has 0 saturated carbocycles. The number of carbonyl (C=O) groups excluding carboxylic acids is 2. The van der Waals surface area contributed by atoms with Crippen molar-refractivity contribution >= 4 is 12.1 Å². The lowest BCUT2D eigenvalue weighted by Crippen LogP contribution is -2.35. The zero-order valence-corrected chi connectivity index (χ0v) is 8.10. The third-order valence-electron chi connectivity index (χ3n) is 1.99. The molecule has 5 heteroatoms. The highest BCUT2D eigenvalue weighted by Gasteiger charge is 2.18. The van der Waals surface area contributed by atoms with Crippen molar-refractivity contribution in [3.8, 4) is 11.5 Å². The molecule has 3 N–H and O–H groups in total. The van der Waals surface area contributed by atoms with Crippen LogP contribution >= 0.6 is 0 Å². The van der Waals surface area contributed by atoms with Gasteiger partial charge in [-0.15, -0.1) is 0 Å². The minimum atomic E-state index is -0.936. The Morgan fingerprint density at radius 3 is 2.53 bits per heavy atom. The fourth-order valence-corrected chi connectivity index (χ4v) is 1.12. The number of nitrogens with one attached hydrogen (secondary N) is 1. The van der Waals surface area contributed by atoms with Gasteiger partial charge in [-0.05, 0) is 25.2 Å². The summed E-state index contributed by atoms with van der Waals surface area (Å²) in [6.07, 6.45) is 0.478. The van der Waals surface area contributed by atoms with E-state index in [0.29, 0.717) is 6.29 Å². The Hall–Kier alpha value is -1.88. The van der Waals surface area contributed by atoms with Crippen LogP contribution in [0.5, 0.6) is 11.5 Å². The minimum absolute atomic E-state index is 0.164. The molecule has 0 aromatic heterocycles. The summed E-state index contributed by atoms with van der Waals surface area (Å²) in [5.74, 6) is -1.15. The van der Waals surface area contributed by atoms with Gasteiger partial charge in [0.05, 0.1) is 0 Å². The van der Waals surface area contributed by atoms with E-state index in [1.165, 1.54) is 19.2 Å². The van der Waals surface area contributed by atoms with Crippen LogP contribution in [0.2, 0.25) is 0 Å². The molecule has 80 valence electrons. The first kappa shape index (κ1) is 11.2. The lowest BCUT2D eigenvalue weighted by molar-refractivity contribution is -0.108. The molecule has 0 amide bonds. The molecular formula is C10H11NO4. The molecule has 1 atom stereocenters. The number of hydrogen-bond donors (Lipinski definition) is 3.